The van der Waals surface area contributed by atoms with Crippen molar-refractivity contribution in [2.45, 2.75) is 12.6 Å². The van der Waals surface area contributed by atoms with Crippen molar-refractivity contribution in [2.75, 3.05) is 25.0 Å². The number of rotatable bonds is 4. The number of carbonyl (C=O) groups is 3. The van der Waals surface area contributed by atoms with E-state index in [1.165, 1.54) is 18.4 Å². The molecule has 1 aliphatic rings. The van der Waals surface area contributed by atoms with Gasteiger partial charge in [0.15, 0.2) is 5.76 Å². The van der Waals surface area contributed by atoms with Crippen LogP contribution in [0.3, 0.4) is 0 Å². The van der Waals surface area contributed by atoms with E-state index in [0.717, 1.165) is 22.2 Å². The Morgan fingerprint density at radius 3 is 2.47 bits per heavy atom. The molecule has 1 fully saturated rings. The van der Waals surface area contributed by atoms with E-state index in [1.54, 1.807) is 0 Å². The van der Waals surface area contributed by atoms with Crippen LogP contribution in [-0.4, -0.2) is 47.5 Å². The zero-order valence-electron chi connectivity index (χ0n) is 15.3. The van der Waals surface area contributed by atoms with Crippen molar-refractivity contribution in [1.29, 1.82) is 0 Å². The topological polar surface area (TPSA) is 94.9 Å². The Morgan fingerprint density at radius 2 is 1.80 bits per heavy atom. The molecule has 1 aliphatic heterocycles. The van der Waals surface area contributed by atoms with Crippen LogP contribution in [-0.2, 0) is 11.0 Å². The third-order valence-electron chi connectivity index (χ3n) is 4.25. The summed E-state index contributed by atoms with van der Waals surface area (Å²) < 4.78 is 58.2. The van der Waals surface area contributed by atoms with Crippen LogP contribution in [0.2, 0.25) is 0 Å². The van der Waals surface area contributed by atoms with E-state index in [-0.39, 0.29) is 18.8 Å². The quantitative estimate of drug-likeness (QED) is 0.733. The molecule has 2 heterocycles. The molecule has 2 aromatic rings. The molecule has 0 spiro atoms. The zero-order valence-corrected chi connectivity index (χ0v) is 15.3. The summed E-state index contributed by atoms with van der Waals surface area (Å²) in [5.74, 6) is -2.60. The van der Waals surface area contributed by atoms with Crippen molar-refractivity contribution in [3.63, 3.8) is 0 Å². The van der Waals surface area contributed by atoms with E-state index in [1.807, 2.05) is 5.32 Å². The third kappa shape index (κ3) is 4.53. The Morgan fingerprint density at radius 1 is 1.07 bits per heavy atom. The van der Waals surface area contributed by atoms with Gasteiger partial charge in [0.25, 0.3) is 11.8 Å². The fraction of sp³-hybridized carbons (Fsp3) is 0.278. The molecule has 1 saturated heterocycles. The fourth-order valence-corrected chi connectivity index (χ4v) is 2.88. The van der Waals surface area contributed by atoms with Gasteiger partial charge in [0.05, 0.1) is 24.1 Å². The first kappa shape index (κ1) is 21.1. The Labute approximate surface area is 167 Å². The molecule has 0 unspecified atom stereocenters. The van der Waals surface area contributed by atoms with Crippen LogP contribution in [0.4, 0.5) is 28.0 Å². The molecule has 0 aliphatic carbocycles. The lowest BCUT2D eigenvalue weighted by molar-refractivity contribution is -0.139. The van der Waals surface area contributed by atoms with Crippen molar-refractivity contribution in [3.8, 4) is 0 Å². The van der Waals surface area contributed by atoms with Crippen LogP contribution in [0.5, 0.6) is 0 Å². The van der Waals surface area contributed by atoms with Crippen LogP contribution in [0.25, 0.3) is 0 Å². The monoisotopic (exact) mass is 428 g/mol. The molecular weight excluding hydrogens is 412 g/mol. The van der Waals surface area contributed by atoms with Gasteiger partial charge in [-0.2, -0.15) is 13.2 Å². The normalized spacial score (nSPS) is 14.0. The molecule has 2 N–H and O–H groups in total. The number of halogens is 4. The number of benzene rings is 1. The maximum atomic E-state index is 14.0. The standard InChI is InChI=1S/C18H16F4N4O4/c19-12-5-1-4-11(18(20,21)22)15(12)24-17(29)26-8-3-7-25(26)14(27)10-23-16(28)13-6-2-9-30-13/h1-2,4-6,9H,3,7-8,10H2,(H,23,28)(H,24,29). The summed E-state index contributed by atoms with van der Waals surface area (Å²) in [6.45, 7) is -0.345. The van der Waals surface area contributed by atoms with E-state index in [9.17, 15) is 31.9 Å². The highest BCUT2D eigenvalue weighted by molar-refractivity contribution is 5.95. The first-order valence-electron chi connectivity index (χ1n) is 8.74. The van der Waals surface area contributed by atoms with Crippen molar-refractivity contribution in [1.82, 2.24) is 15.3 Å². The Bertz CT molecular complexity index is 946. The minimum absolute atomic E-state index is 0.0157. The maximum Gasteiger partial charge on any atom is 0.418 e. The summed E-state index contributed by atoms with van der Waals surface area (Å²) in [6, 6.07) is 4.07. The number of nitrogens with one attached hydrogen (secondary N) is 2. The molecular formula is C18H16F4N4O4. The van der Waals surface area contributed by atoms with Gasteiger partial charge in [0, 0.05) is 13.1 Å². The highest BCUT2D eigenvalue weighted by atomic mass is 19.4. The van der Waals surface area contributed by atoms with Crippen LogP contribution < -0.4 is 10.6 Å². The van der Waals surface area contributed by atoms with E-state index in [2.05, 4.69) is 5.32 Å². The van der Waals surface area contributed by atoms with E-state index in [4.69, 9.17) is 4.42 Å². The second-order valence-corrected chi connectivity index (χ2v) is 6.24. The van der Waals surface area contributed by atoms with Gasteiger partial charge in [-0.05, 0) is 30.7 Å². The Balaban J connectivity index is 1.68. The van der Waals surface area contributed by atoms with Crippen LogP contribution in [0.1, 0.15) is 22.5 Å². The van der Waals surface area contributed by atoms with Crippen molar-refractivity contribution in [3.05, 3.63) is 53.7 Å². The van der Waals surface area contributed by atoms with Crippen LogP contribution >= 0.6 is 0 Å². The van der Waals surface area contributed by atoms with Crippen LogP contribution in [0.15, 0.2) is 41.0 Å². The average molecular weight is 428 g/mol. The first-order chi connectivity index (χ1) is 14.2. The Kier molecular flexibility index (Phi) is 5.94. The number of amides is 4. The lowest BCUT2D eigenvalue weighted by Gasteiger charge is -2.28. The molecule has 1 aromatic heterocycles. The molecule has 8 nitrogen and oxygen atoms in total. The summed E-state index contributed by atoms with van der Waals surface area (Å²) in [4.78, 5) is 36.7. The number of anilines is 1. The van der Waals surface area contributed by atoms with Gasteiger partial charge in [0.1, 0.15) is 5.82 Å². The predicted octanol–water partition coefficient (Wildman–Crippen LogP) is 2.85. The highest BCUT2D eigenvalue weighted by Crippen LogP contribution is 2.36. The zero-order chi connectivity index (χ0) is 21.9. The molecule has 0 bridgehead atoms. The van der Waals surface area contributed by atoms with Crippen molar-refractivity contribution >= 4 is 23.5 Å². The maximum absolute atomic E-state index is 14.0. The third-order valence-corrected chi connectivity index (χ3v) is 4.25. The smallest absolute Gasteiger partial charge is 0.418 e. The minimum Gasteiger partial charge on any atom is -0.459 e. The molecule has 160 valence electrons. The minimum atomic E-state index is -4.89. The average Bonchev–Trinajstić information content (AvgIpc) is 3.38. The lowest BCUT2D eigenvalue weighted by Crippen LogP contribution is -2.50. The van der Waals surface area contributed by atoms with Crippen LogP contribution in [0, 0.1) is 5.82 Å². The SMILES string of the molecule is O=C(NCC(=O)N1CCCN1C(=O)Nc1c(F)cccc1C(F)(F)F)c1ccco1. The number of furan rings is 1. The Hall–Kier alpha value is -3.57. The number of para-hydroxylation sites is 1. The molecule has 3 rings (SSSR count). The van der Waals surface area contributed by atoms with Gasteiger partial charge in [-0.3, -0.25) is 9.59 Å². The number of alkyl halides is 3. The summed E-state index contributed by atoms with van der Waals surface area (Å²) in [7, 11) is 0. The number of urea groups is 1. The number of hydrazine groups is 1. The van der Waals surface area contributed by atoms with E-state index >= 15 is 0 Å². The van der Waals surface area contributed by atoms with Gasteiger partial charge in [-0.25, -0.2) is 19.2 Å². The highest BCUT2D eigenvalue weighted by Gasteiger charge is 2.37. The summed E-state index contributed by atoms with van der Waals surface area (Å²) in [5.41, 5.74) is -2.38. The first-order valence-corrected chi connectivity index (χ1v) is 8.74. The number of hydrogen-bond acceptors (Lipinski definition) is 4. The molecule has 0 radical (unpaired) electrons. The van der Waals surface area contributed by atoms with E-state index in [0.29, 0.717) is 12.5 Å². The van der Waals surface area contributed by atoms with Gasteiger partial charge in [-0.15, -0.1) is 0 Å². The van der Waals surface area contributed by atoms with E-state index < -0.39 is 47.6 Å². The molecule has 0 atom stereocenters. The largest absolute Gasteiger partial charge is 0.459 e. The summed E-state index contributed by atoms with van der Waals surface area (Å²) in [5, 5.41) is 6.06. The molecule has 12 heteroatoms. The lowest BCUT2D eigenvalue weighted by atomic mass is 10.1. The summed E-state index contributed by atoms with van der Waals surface area (Å²) >= 11 is 0. The predicted molar refractivity (Wildman–Crippen MR) is 94.5 cm³/mol. The second kappa shape index (κ2) is 8.43. The van der Waals surface area contributed by atoms with Gasteiger partial charge < -0.3 is 15.1 Å². The molecule has 0 saturated carbocycles. The number of carbonyl (C=O) groups excluding carboxylic acids is 3. The number of nitrogens with zero attached hydrogens (tertiary/aromatic N) is 2. The molecule has 1 aromatic carbocycles. The molecule has 30 heavy (non-hydrogen) atoms. The van der Waals surface area contributed by atoms with Gasteiger partial charge >= 0.3 is 12.2 Å². The van der Waals surface area contributed by atoms with Crippen molar-refractivity contribution < 1.29 is 36.4 Å². The fourth-order valence-electron chi connectivity index (χ4n) is 2.88. The second-order valence-electron chi connectivity index (χ2n) is 6.24. The number of hydrogen-bond donors (Lipinski definition) is 2. The summed E-state index contributed by atoms with van der Waals surface area (Å²) in [6.07, 6.45) is -3.25. The van der Waals surface area contributed by atoms with Gasteiger partial charge in [0.2, 0.25) is 0 Å². The van der Waals surface area contributed by atoms with Gasteiger partial charge in [-0.1, -0.05) is 6.07 Å². The van der Waals surface area contributed by atoms with Crippen molar-refractivity contribution in [2.24, 2.45) is 0 Å². The molecule has 4 amide bonds.